The Bertz CT molecular complexity index is 339. The quantitative estimate of drug-likeness (QED) is 0.691. The van der Waals surface area contributed by atoms with Crippen molar-refractivity contribution in [1.29, 1.82) is 0 Å². The second-order valence-corrected chi connectivity index (χ2v) is 5.80. The molecule has 18 heavy (non-hydrogen) atoms. The minimum Gasteiger partial charge on any atom is -0.481 e. The van der Waals surface area contributed by atoms with Gasteiger partial charge in [0.15, 0.2) is 0 Å². The summed E-state index contributed by atoms with van der Waals surface area (Å²) in [7, 11) is 0. The highest BCUT2D eigenvalue weighted by Crippen LogP contribution is 2.38. The largest absolute Gasteiger partial charge is 0.481 e. The first-order chi connectivity index (χ1) is 8.52. The van der Waals surface area contributed by atoms with E-state index >= 15 is 0 Å². The minimum absolute atomic E-state index is 0.00285. The van der Waals surface area contributed by atoms with Crippen LogP contribution in [0.15, 0.2) is 0 Å². The molecule has 0 bridgehead atoms. The molecule has 1 saturated carbocycles. The van der Waals surface area contributed by atoms with Crippen LogP contribution < -0.4 is 10.6 Å². The van der Waals surface area contributed by atoms with E-state index in [0.29, 0.717) is 18.8 Å². The number of rotatable bonds is 4. The molecule has 0 aromatic rings. The van der Waals surface area contributed by atoms with Crippen molar-refractivity contribution in [3.05, 3.63) is 0 Å². The van der Waals surface area contributed by atoms with Crippen molar-refractivity contribution in [2.75, 3.05) is 13.1 Å². The molecule has 2 aliphatic rings. The van der Waals surface area contributed by atoms with Gasteiger partial charge in [0.1, 0.15) is 0 Å². The molecule has 1 aliphatic heterocycles. The van der Waals surface area contributed by atoms with Crippen molar-refractivity contribution in [2.45, 2.75) is 45.1 Å². The van der Waals surface area contributed by atoms with Gasteiger partial charge in [-0.25, -0.2) is 0 Å². The summed E-state index contributed by atoms with van der Waals surface area (Å²) in [5.41, 5.74) is -0.788. The monoisotopic (exact) mass is 254 g/mol. The summed E-state index contributed by atoms with van der Waals surface area (Å²) in [5, 5.41) is 15.4. The Balaban J connectivity index is 1.88. The number of carbonyl (C=O) groups excluding carboxylic acids is 1. The number of aliphatic carboxylic acids is 1. The van der Waals surface area contributed by atoms with Gasteiger partial charge in [-0.3, -0.25) is 9.59 Å². The van der Waals surface area contributed by atoms with E-state index in [1.165, 1.54) is 0 Å². The minimum atomic E-state index is -0.798. The topological polar surface area (TPSA) is 78.4 Å². The van der Waals surface area contributed by atoms with Crippen LogP contribution >= 0.6 is 0 Å². The third-order valence-electron chi connectivity index (χ3n) is 4.42. The molecule has 1 saturated heterocycles. The number of amides is 1. The summed E-state index contributed by atoms with van der Waals surface area (Å²) in [6.45, 7) is 3.62. The summed E-state index contributed by atoms with van der Waals surface area (Å²) < 4.78 is 0. The van der Waals surface area contributed by atoms with Crippen LogP contribution in [0.3, 0.4) is 0 Å². The lowest BCUT2D eigenvalue weighted by Gasteiger charge is -2.28. The van der Waals surface area contributed by atoms with Gasteiger partial charge in [0.05, 0.1) is 5.41 Å². The van der Waals surface area contributed by atoms with Crippen molar-refractivity contribution in [1.82, 2.24) is 10.6 Å². The van der Waals surface area contributed by atoms with Gasteiger partial charge in [0, 0.05) is 12.5 Å². The summed E-state index contributed by atoms with van der Waals surface area (Å²) in [6.07, 6.45) is 3.85. The molecular weight excluding hydrogens is 232 g/mol. The molecule has 3 N–H and O–H groups in total. The van der Waals surface area contributed by atoms with Gasteiger partial charge in [-0.1, -0.05) is 6.42 Å². The summed E-state index contributed by atoms with van der Waals surface area (Å²) in [5.74, 6) is -0.390. The molecular formula is C13H22N2O3. The smallest absolute Gasteiger partial charge is 0.311 e. The van der Waals surface area contributed by atoms with Crippen molar-refractivity contribution in [3.8, 4) is 0 Å². The van der Waals surface area contributed by atoms with E-state index in [1.807, 2.05) is 0 Å². The van der Waals surface area contributed by atoms with Crippen LogP contribution in [0, 0.1) is 11.3 Å². The molecule has 5 heteroatoms. The van der Waals surface area contributed by atoms with Crippen molar-refractivity contribution in [2.24, 2.45) is 11.3 Å². The first-order valence-electron chi connectivity index (χ1n) is 6.76. The van der Waals surface area contributed by atoms with Gasteiger partial charge in [-0.15, -0.1) is 0 Å². The molecule has 0 aromatic heterocycles. The Morgan fingerprint density at radius 3 is 2.83 bits per heavy atom. The van der Waals surface area contributed by atoms with Crippen LogP contribution in [0.1, 0.15) is 39.0 Å². The zero-order valence-electron chi connectivity index (χ0n) is 10.9. The van der Waals surface area contributed by atoms with Gasteiger partial charge >= 0.3 is 5.97 Å². The van der Waals surface area contributed by atoms with Crippen LogP contribution in [0.4, 0.5) is 0 Å². The molecule has 1 aliphatic carbocycles. The first kappa shape index (κ1) is 13.3. The van der Waals surface area contributed by atoms with E-state index in [-0.39, 0.29) is 11.9 Å². The van der Waals surface area contributed by atoms with Gasteiger partial charge in [0.25, 0.3) is 0 Å². The van der Waals surface area contributed by atoms with Crippen molar-refractivity contribution in [3.63, 3.8) is 0 Å². The molecule has 0 aromatic carbocycles. The number of hydrogen-bond donors (Lipinski definition) is 3. The predicted octanol–water partition coefficient (Wildman–Crippen LogP) is 0.746. The van der Waals surface area contributed by atoms with Crippen LogP contribution in [0.25, 0.3) is 0 Å². The molecule has 3 unspecified atom stereocenters. The van der Waals surface area contributed by atoms with Crippen molar-refractivity contribution >= 4 is 11.9 Å². The van der Waals surface area contributed by atoms with Gasteiger partial charge < -0.3 is 15.7 Å². The Kier molecular flexibility index (Phi) is 3.90. The zero-order chi connectivity index (χ0) is 13.2. The lowest BCUT2D eigenvalue weighted by Crippen LogP contribution is -2.47. The highest BCUT2D eigenvalue weighted by atomic mass is 16.4. The van der Waals surface area contributed by atoms with Crippen LogP contribution in [0.2, 0.25) is 0 Å². The number of carbonyl (C=O) groups is 2. The van der Waals surface area contributed by atoms with E-state index < -0.39 is 11.4 Å². The van der Waals surface area contributed by atoms with Crippen molar-refractivity contribution < 1.29 is 14.7 Å². The molecule has 1 heterocycles. The van der Waals surface area contributed by atoms with Crippen LogP contribution in [0.5, 0.6) is 0 Å². The van der Waals surface area contributed by atoms with Gasteiger partial charge in [-0.05, 0) is 45.2 Å². The number of nitrogens with one attached hydrogen (secondary N) is 2. The molecule has 0 radical (unpaired) electrons. The molecule has 2 fully saturated rings. The fourth-order valence-electron chi connectivity index (χ4n) is 3.06. The maximum Gasteiger partial charge on any atom is 0.311 e. The lowest BCUT2D eigenvalue weighted by atomic mass is 9.84. The fraction of sp³-hybridized carbons (Fsp3) is 0.846. The average Bonchev–Trinajstić information content (AvgIpc) is 2.90. The predicted molar refractivity (Wildman–Crippen MR) is 67.1 cm³/mol. The van der Waals surface area contributed by atoms with E-state index in [4.69, 9.17) is 0 Å². The third-order valence-corrected chi connectivity index (χ3v) is 4.42. The molecule has 5 nitrogen and oxygen atoms in total. The second-order valence-electron chi connectivity index (χ2n) is 5.80. The molecule has 0 spiro atoms. The second kappa shape index (κ2) is 5.26. The van der Waals surface area contributed by atoms with Gasteiger partial charge in [-0.2, -0.15) is 0 Å². The number of hydrogen-bond acceptors (Lipinski definition) is 3. The normalized spacial score (nSPS) is 35.6. The third kappa shape index (κ3) is 2.66. The van der Waals surface area contributed by atoms with Crippen LogP contribution in [-0.2, 0) is 9.59 Å². The highest BCUT2D eigenvalue weighted by Gasteiger charge is 2.45. The zero-order valence-corrected chi connectivity index (χ0v) is 10.9. The van der Waals surface area contributed by atoms with E-state index in [2.05, 4.69) is 10.6 Å². The SMILES string of the molecule is CC1(C(=O)O)CCCC1NC(=O)CC1CCNC1. The fourth-order valence-corrected chi connectivity index (χ4v) is 3.06. The van der Waals surface area contributed by atoms with E-state index in [1.54, 1.807) is 6.92 Å². The van der Waals surface area contributed by atoms with Crippen LogP contribution in [-0.4, -0.2) is 36.1 Å². The molecule has 1 amide bonds. The maximum absolute atomic E-state index is 11.9. The average molecular weight is 254 g/mol. The number of carboxylic acids is 1. The highest BCUT2D eigenvalue weighted by molar-refractivity contribution is 5.80. The van der Waals surface area contributed by atoms with E-state index in [0.717, 1.165) is 32.4 Å². The Hall–Kier alpha value is -1.10. The first-order valence-corrected chi connectivity index (χ1v) is 6.76. The Morgan fingerprint density at radius 2 is 2.22 bits per heavy atom. The Labute approximate surface area is 107 Å². The maximum atomic E-state index is 11.9. The summed E-state index contributed by atoms with van der Waals surface area (Å²) in [6, 6.07) is -0.211. The Morgan fingerprint density at radius 1 is 1.44 bits per heavy atom. The molecule has 2 rings (SSSR count). The summed E-state index contributed by atoms with van der Waals surface area (Å²) in [4.78, 5) is 23.2. The summed E-state index contributed by atoms with van der Waals surface area (Å²) >= 11 is 0. The standard InChI is InChI=1S/C13H22N2O3/c1-13(12(17)18)5-2-3-10(13)15-11(16)7-9-4-6-14-8-9/h9-10,14H,2-8H2,1H3,(H,15,16)(H,17,18). The van der Waals surface area contributed by atoms with E-state index in [9.17, 15) is 14.7 Å². The molecule has 3 atom stereocenters. The number of carboxylic acid groups (broad SMARTS) is 1. The lowest BCUT2D eigenvalue weighted by molar-refractivity contribution is -0.149. The van der Waals surface area contributed by atoms with Gasteiger partial charge in [0.2, 0.25) is 5.91 Å². The molecule has 102 valence electrons.